The number of piperidine rings is 1. The fourth-order valence-corrected chi connectivity index (χ4v) is 3.47. The summed E-state index contributed by atoms with van der Waals surface area (Å²) in [5.41, 5.74) is 0.854. The van der Waals surface area contributed by atoms with Crippen molar-refractivity contribution < 1.29 is 19.0 Å². The van der Waals surface area contributed by atoms with Gasteiger partial charge in [-0.05, 0) is 24.3 Å². The number of amides is 1. The van der Waals surface area contributed by atoms with E-state index in [-0.39, 0.29) is 12.5 Å². The largest absolute Gasteiger partial charge is 0.457 e. The van der Waals surface area contributed by atoms with Gasteiger partial charge in [-0.25, -0.2) is 0 Å². The Kier molecular flexibility index (Phi) is 5.27. The van der Waals surface area contributed by atoms with Gasteiger partial charge in [-0.1, -0.05) is 24.3 Å². The van der Waals surface area contributed by atoms with Gasteiger partial charge in [0.2, 0.25) is 5.91 Å². The number of hydrogen-bond donors (Lipinski definition) is 1. The summed E-state index contributed by atoms with van der Waals surface area (Å²) in [6.07, 6.45) is 1.47. The van der Waals surface area contributed by atoms with Crippen LogP contribution in [0.4, 0.5) is 5.69 Å². The molecule has 2 aromatic carbocycles. The van der Waals surface area contributed by atoms with E-state index in [0.29, 0.717) is 26.3 Å². The molecule has 0 saturated carbocycles. The number of carbonyl (C=O) groups excluding carboxylic acids is 1. The Balaban J connectivity index is 1.28. The zero-order valence-corrected chi connectivity index (χ0v) is 15.2. The quantitative estimate of drug-likeness (QED) is 0.878. The second kappa shape index (κ2) is 7.98. The Morgan fingerprint density at radius 3 is 2.44 bits per heavy atom. The predicted octanol–water partition coefficient (Wildman–Crippen LogP) is 3.26. The second-order valence-corrected chi connectivity index (χ2v) is 6.78. The van der Waals surface area contributed by atoms with Crippen LogP contribution in [0, 0.1) is 0 Å². The highest BCUT2D eigenvalue weighted by Gasteiger charge is 2.40. The topological polar surface area (TPSA) is 60.0 Å². The molecule has 2 heterocycles. The number of anilines is 1. The second-order valence-electron chi connectivity index (χ2n) is 6.78. The maximum Gasteiger partial charge on any atom is 0.241 e. The highest BCUT2D eigenvalue weighted by molar-refractivity contribution is 5.81. The normalized spacial score (nSPS) is 18.4. The number of ether oxygens (including phenoxy) is 3. The van der Waals surface area contributed by atoms with E-state index in [9.17, 15) is 4.79 Å². The fourth-order valence-electron chi connectivity index (χ4n) is 3.47. The summed E-state index contributed by atoms with van der Waals surface area (Å²) >= 11 is 0. The van der Waals surface area contributed by atoms with E-state index >= 15 is 0 Å². The van der Waals surface area contributed by atoms with Gasteiger partial charge in [0.15, 0.2) is 5.79 Å². The van der Waals surface area contributed by atoms with Crippen molar-refractivity contribution in [2.75, 3.05) is 38.2 Å². The molecule has 1 spiro atoms. The van der Waals surface area contributed by atoms with E-state index in [2.05, 4.69) is 5.32 Å². The molecule has 2 aliphatic heterocycles. The molecule has 0 radical (unpaired) electrons. The van der Waals surface area contributed by atoms with E-state index in [0.717, 1.165) is 30.0 Å². The average molecular weight is 368 g/mol. The summed E-state index contributed by atoms with van der Waals surface area (Å²) in [6.45, 7) is 2.88. The molecule has 1 N–H and O–H groups in total. The minimum absolute atomic E-state index is 0.0808. The molecule has 6 heteroatoms. The first-order chi connectivity index (χ1) is 13.2. The predicted molar refractivity (Wildman–Crippen MR) is 102 cm³/mol. The van der Waals surface area contributed by atoms with Crippen LogP contribution in [0.1, 0.15) is 12.8 Å². The molecule has 1 amide bonds. The lowest BCUT2D eigenvalue weighted by Gasteiger charge is -2.37. The molecule has 2 fully saturated rings. The molecule has 0 aliphatic carbocycles. The number of hydrogen-bond acceptors (Lipinski definition) is 5. The molecule has 2 saturated heterocycles. The highest BCUT2D eigenvalue weighted by atomic mass is 16.7. The smallest absolute Gasteiger partial charge is 0.241 e. The maximum atomic E-state index is 12.5. The summed E-state index contributed by atoms with van der Waals surface area (Å²) in [7, 11) is 0. The van der Waals surface area contributed by atoms with Gasteiger partial charge >= 0.3 is 0 Å². The molecular formula is C21H24N2O4. The summed E-state index contributed by atoms with van der Waals surface area (Å²) in [5.74, 6) is 1.14. The molecule has 142 valence electrons. The Hall–Kier alpha value is -2.57. The maximum absolute atomic E-state index is 12.5. The van der Waals surface area contributed by atoms with Gasteiger partial charge in [0.05, 0.1) is 19.8 Å². The average Bonchev–Trinajstić information content (AvgIpc) is 3.16. The third kappa shape index (κ3) is 4.40. The van der Waals surface area contributed by atoms with Gasteiger partial charge in [-0.3, -0.25) is 4.79 Å². The monoisotopic (exact) mass is 368 g/mol. The number of benzene rings is 2. The van der Waals surface area contributed by atoms with Crippen molar-refractivity contribution in [3.63, 3.8) is 0 Å². The van der Waals surface area contributed by atoms with E-state index < -0.39 is 5.79 Å². The van der Waals surface area contributed by atoms with E-state index in [1.165, 1.54) is 0 Å². The third-order valence-corrected chi connectivity index (χ3v) is 4.95. The molecule has 6 nitrogen and oxygen atoms in total. The lowest BCUT2D eigenvalue weighted by molar-refractivity contribution is -0.187. The number of likely N-dealkylation sites (tertiary alicyclic amines) is 1. The lowest BCUT2D eigenvalue weighted by Crippen LogP contribution is -2.48. The Morgan fingerprint density at radius 2 is 1.70 bits per heavy atom. The van der Waals surface area contributed by atoms with Crippen molar-refractivity contribution in [1.82, 2.24) is 4.90 Å². The molecule has 2 aromatic rings. The summed E-state index contributed by atoms with van der Waals surface area (Å²) < 4.78 is 17.3. The van der Waals surface area contributed by atoms with E-state index in [4.69, 9.17) is 14.2 Å². The molecule has 0 bridgehead atoms. The van der Waals surface area contributed by atoms with Gasteiger partial charge in [0.1, 0.15) is 11.5 Å². The number of nitrogens with zero attached hydrogens (tertiary/aromatic N) is 1. The number of carbonyl (C=O) groups is 1. The van der Waals surface area contributed by atoms with Gasteiger partial charge in [-0.2, -0.15) is 0 Å². The number of para-hydroxylation sites is 1. The van der Waals surface area contributed by atoms with Gasteiger partial charge in [0.25, 0.3) is 0 Å². The molecular weight excluding hydrogens is 344 g/mol. The standard InChI is InChI=1S/C21H24N2O4/c24-20(23-11-9-21(10-12-23)25-13-14-26-21)16-22-17-5-4-8-19(15-17)27-18-6-2-1-3-7-18/h1-8,15,22H,9-14,16H2. The Labute approximate surface area is 159 Å². The van der Waals surface area contributed by atoms with E-state index in [1.807, 2.05) is 59.5 Å². The van der Waals surface area contributed by atoms with E-state index in [1.54, 1.807) is 0 Å². The molecule has 0 unspecified atom stereocenters. The first kappa shape index (κ1) is 17.8. The van der Waals surface area contributed by atoms with Crippen LogP contribution < -0.4 is 10.1 Å². The van der Waals surface area contributed by atoms with Crippen molar-refractivity contribution >= 4 is 11.6 Å². The summed E-state index contributed by atoms with van der Waals surface area (Å²) in [6, 6.07) is 17.2. The van der Waals surface area contributed by atoms with Crippen molar-refractivity contribution in [1.29, 1.82) is 0 Å². The third-order valence-electron chi connectivity index (χ3n) is 4.95. The van der Waals surface area contributed by atoms with Crippen molar-refractivity contribution in [3.8, 4) is 11.5 Å². The number of nitrogens with one attached hydrogen (secondary N) is 1. The van der Waals surface area contributed by atoms with Gasteiger partial charge < -0.3 is 24.4 Å². The van der Waals surface area contributed by atoms with Crippen molar-refractivity contribution in [2.24, 2.45) is 0 Å². The minimum Gasteiger partial charge on any atom is -0.457 e. The van der Waals surface area contributed by atoms with Crippen molar-refractivity contribution in [3.05, 3.63) is 54.6 Å². The molecule has 0 atom stereocenters. The minimum atomic E-state index is -0.451. The Bertz CT molecular complexity index is 765. The van der Waals surface area contributed by atoms with Crippen LogP contribution in [0.15, 0.2) is 54.6 Å². The molecule has 2 aliphatic rings. The SMILES string of the molecule is O=C(CNc1cccc(Oc2ccccc2)c1)N1CCC2(CC1)OCCO2. The summed E-state index contributed by atoms with van der Waals surface area (Å²) in [4.78, 5) is 14.4. The van der Waals surface area contributed by atoms with Crippen LogP contribution in [-0.4, -0.2) is 49.4 Å². The van der Waals surface area contributed by atoms with Crippen LogP contribution in [0.25, 0.3) is 0 Å². The lowest BCUT2D eigenvalue weighted by atomic mass is 10.0. The van der Waals surface area contributed by atoms with Crippen LogP contribution in [0.2, 0.25) is 0 Å². The Morgan fingerprint density at radius 1 is 1.00 bits per heavy atom. The van der Waals surface area contributed by atoms with Crippen LogP contribution in [0.3, 0.4) is 0 Å². The zero-order valence-electron chi connectivity index (χ0n) is 15.2. The first-order valence-corrected chi connectivity index (χ1v) is 9.35. The fraction of sp³-hybridized carbons (Fsp3) is 0.381. The molecule has 0 aromatic heterocycles. The first-order valence-electron chi connectivity index (χ1n) is 9.35. The van der Waals surface area contributed by atoms with Crippen LogP contribution >= 0.6 is 0 Å². The zero-order chi connectivity index (χ0) is 18.5. The highest BCUT2D eigenvalue weighted by Crippen LogP contribution is 2.31. The molecule has 4 rings (SSSR count). The van der Waals surface area contributed by atoms with Crippen LogP contribution in [-0.2, 0) is 14.3 Å². The van der Waals surface area contributed by atoms with Crippen LogP contribution in [0.5, 0.6) is 11.5 Å². The van der Waals surface area contributed by atoms with Crippen molar-refractivity contribution in [2.45, 2.75) is 18.6 Å². The number of rotatable bonds is 5. The van der Waals surface area contributed by atoms with Gasteiger partial charge in [-0.15, -0.1) is 0 Å². The summed E-state index contributed by atoms with van der Waals surface area (Å²) in [5, 5.41) is 3.20. The van der Waals surface area contributed by atoms with Gasteiger partial charge in [0, 0.05) is 37.7 Å². The molecule has 27 heavy (non-hydrogen) atoms.